The van der Waals surface area contributed by atoms with Crippen LogP contribution in [0.1, 0.15) is 11.5 Å². The summed E-state index contributed by atoms with van der Waals surface area (Å²) in [5.74, 6) is -0.994. The number of nitrogens with zero attached hydrogens (tertiary/aromatic N) is 2. The SMILES string of the molecule is O=S(=O)(F)c1ccc(-c2nc(C(F)(F)F)n3c2CNCC3)cc1. The van der Waals surface area contributed by atoms with Crippen molar-refractivity contribution in [2.24, 2.45) is 0 Å². The Hall–Kier alpha value is -1.94. The van der Waals surface area contributed by atoms with E-state index >= 15 is 0 Å². The van der Waals surface area contributed by atoms with Gasteiger partial charge >= 0.3 is 16.4 Å². The molecule has 0 saturated carbocycles. The molecule has 2 aromatic rings. The normalized spacial score (nSPS) is 15.5. The van der Waals surface area contributed by atoms with Gasteiger partial charge in [0.05, 0.1) is 16.3 Å². The molecule has 3 rings (SSSR count). The van der Waals surface area contributed by atoms with Gasteiger partial charge in [-0.15, -0.1) is 3.89 Å². The summed E-state index contributed by atoms with van der Waals surface area (Å²) in [6.45, 7) is 0.737. The fourth-order valence-corrected chi connectivity index (χ4v) is 2.99. The van der Waals surface area contributed by atoms with E-state index in [4.69, 9.17) is 0 Å². The van der Waals surface area contributed by atoms with Crippen molar-refractivity contribution in [2.45, 2.75) is 24.2 Å². The highest BCUT2D eigenvalue weighted by Crippen LogP contribution is 2.34. The Balaban J connectivity index is 2.12. The molecule has 124 valence electrons. The van der Waals surface area contributed by atoms with Crippen LogP contribution in [0.4, 0.5) is 17.1 Å². The quantitative estimate of drug-likeness (QED) is 0.668. The van der Waals surface area contributed by atoms with Crippen LogP contribution in [-0.2, 0) is 29.5 Å². The molecular weight excluding hydrogens is 338 g/mol. The van der Waals surface area contributed by atoms with E-state index < -0.39 is 27.1 Å². The van der Waals surface area contributed by atoms with Crippen molar-refractivity contribution >= 4 is 10.2 Å². The predicted molar refractivity (Wildman–Crippen MR) is 72.7 cm³/mol. The Morgan fingerprint density at radius 3 is 2.39 bits per heavy atom. The maximum Gasteiger partial charge on any atom is 0.449 e. The van der Waals surface area contributed by atoms with Gasteiger partial charge in [-0.1, -0.05) is 12.1 Å². The number of fused-ring (bicyclic) bond motifs is 1. The number of aromatic nitrogens is 2. The van der Waals surface area contributed by atoms with Gasteiger partial charge < -0.3 is 9.88 Å². The first-order valence-electron chi connectivity index (χ1n) is 6.60. The van der Waals surface area contributed by atoms with E-state index in [1.165, 1.54) is 12.1 Å². The highest BCUT2D eigenvalue weighted by atomic mass is 32.3. The number of imidazole rings is 1. The topological polar surface area (TPSA) is 64.0 Å². The van der Waals surface area contributed by atoms with E-state index in [2.05, 4.69) is 10.3 Å². The third-order valence-corrected chi connectivity index (χ3v) is 4.38. The van der Waals surface area contributed by atoms with Gasteiger partial charge in [0.25, 0.3) is 0 Å². The van der Waals surface area contributed by atoms with Gasteiger partial charge in [-0.05, 0) is 12.1 Å². The summed E-state index contributed by atoms with van der Waals surface area (Å²) in [5, 5.41) is 2.97. The lowest BCUT2D eigenvalue weighted by Gasteiger charge is -2.19. The number of hydrogen-bond donors (Lipinski definition) is 1. The molecule has 0 radical (unpaired) electrons. The third kappa shape index (κ3) is 2.95. The Morgan fingerprint density at radius 2 is 1.83 bits per heavy atom. The van der Waals surface area contributed by atoms with Gasteiger partial charge in [0.15, 0.2) is 0 Å². The average molecular weight is 349 g/mol. The Labute approximate surface area is 129 Å². The highest BCUT2D eigenvalue weighted by molar-refractivity contribution is 7.86. The molecule has 0 amide bonds. The Morgan fingerprint density at radius 1 is 1.17 bits per heavy atom. The maximum atomic E-state index is 13.1. The van der Waals surface area contributed by atoms with Crippen LogP contribution in [-0.4, -0.2) is 24.5 Å². The summed E-state index contributed by atoms with van der Waals surface area (Å²) in [6, 6.07) is 4.48. The summed E-state index contributed by atoms with van der Waals surface area (Å²) in [5.41, 5.74) is 0.757. The lowest BCUT2D eigenvalue weighted by Crippen LogP contribution is -2.30. The highest BCUT2D eigenvalue weighted by Gasteiger charge is 2.39. The molecule has 1 aliphatic rings. The van der Waals surface area contributed by atoms with E-state index in [0.717, 1.165) is 16.7 Å². The lowest BCUT2D eigenvalue weighted by atomic mass is 10.1. The van der Waals surface area contributed by atoms with Crippen LogP contribution in [0.25, 0.3) is 11.3 Å². The number of nitrogens with one attached hydrogen (secondary N) is 1. The van der Waals surface area contributed by atoms with E-state index in [9.17, 15) is 25.5 Å². The summed E-state index contributed by atoms with van der Waals surface area (Å²) < 4.78 is 74.9. The average Bonchev–Trinajstić information content (AvgIpc) is 2.86. The van der Waals surface area contributed by atoms with Crippen LogP contribution in [0.5, 0.6) is 0 Å². The van der Waals surface area contributed by atoms with Gasteiger partial charge in [-0.3, -0.25) is 0 Å². The molecule has 0 bridgehead atoms. The van der Waals surface area contributed by atoms with Crippen molar-refractivity contribution in [3.8, 4) is 11.3 Å². The number of rotatable bonds is 2. The van der Waals surface area contributed by atoms with Crippen molar-refractivity contribution in [3.05, 3.63) is 35.8 Å². The zero-order chi connectivity index (χ0) is 16.8. The maximum absolute atomic E-state index is 13.1. The fourth-order valence-electron chi connectivity index (χ4n) is 2.53. The second-order valence-electron chi connectivity index (χ2n) is 5.02. The minimum absolute atomic E-state index is 0.104. The predicted octanol–water partition coefficient (Wildman–Crippen LogP) is 2.33. The summed E-state index contributed by atoms with van der Waals surface area (Å²) in [4.78, 5) is 3.13. The molecule has 1 N–H and O–H groups in total. The molecule has 2 heterocycles. The third-order valence-electron chi connectivity index (χ3n) is 3.54. The van der Waals surface area contributed by atoms with Crippen molar-refractivity contribution in [1.29, 1.82) is 0 Å². The van der Waals surface area contributed by atoms with Crippen LogP contribution >= 0.6 is 0 Å². The van der Waals surface area contributed by atoms with Crippen LogP contribution in [0.15, 0.2) is 29.2 Å². The van der Waals surface area contributed by atoms with E-state index in [1.54, 1.807) is 0 Å². The Kier molecular flexibility index (Phi) is 3.68. The fraction of sp³-hybridized carbons (Fsp3) is 0.308. The largest absolute Gasteiger partial charge is 0.449 e. The first kappa shape index (κ1) is 15.9. The first-order chi connectivity index (χ1) is 10.7. The Bertz CT molecular complexity index is 841. The van der Waals surface area contributed by atoms with E-state index in [-0.39, 0.29) is 18.8 Å². The van der Waals surface area contributed by atoms with Crippen molar-refractivity contribution < 1.29 is 25.5 Å². The molecule has 5 nitrogen and oxygen atoms in total. The van der Waals surface area contributed by atoms with Crippen molar-refractivity contribution in [1.82, 2.24) is 14.9 Å². The molecule has 0 saturated heterocycles. The molecule has 23 heavy (non-hydrogen) atoms. The molecule has 1 aliphatic heterocycles. The zero-order valence-electron chi connectivity index (χ0n) is 11.6. The zero-order valence-corrected chi connectivity index (χ0v) is 12.4. The molecule has 0 unspecified atom stereocenters. The van der Waals surface area contributed by atoms with Gasteiger partial charge in [-0.2, -0.15) is 21.6 Å². The number of alkyl halides is 3. The smallest absolute Gasteiger partial charge is 0.321 e. The molecule has 10 heteroatoms. The second kappa shape index (κ2) is 5.31. The van der Waals surface area contributed by atoms with E-state index in [0.29, 0.717) is 17.8 Å². The second-order valence-corrected chi connectivity index (χ2v) is 6.37. The molecule has 0 aliphatic carbocycles. The van der Waals surface area contributed by atoms with Gasteiger partial charge in [0.1, 0.15) is 0 Å². The summed E-state index contributed by atoms with van der Waals surface area (Å²) in [6.07, 6.45) is -4.59. The monoisotopic (exact) mass is 349 g/mol. The van der Waals surface area contributed by atoms with Gasteiger partial charge in [-0.25, -0.2) is 4.98 Å². The molecule has 0 spiro atoms. The molecule has 0 atom stereocenters. The molecule has 1 aromatic heterocycles. The number of benzene rings is 1. The van der Waals surface area contributed by atoms with Crippen LogP contribution in [0.3, 0.4) is 0 Å². The van der Waals surface area contributed by atoms with E-state index in [1.807, 2.05) is 0 Å². The summed E-state index contributed by atoms with van der Waals surface area (Å²) in [7, 11) is -4.86. The van der Waals surface area contributed by atoms with Gasteiger partial charge in [0.2, 0.25) is 5.82 Å². The lowest BCUT2D eigenvalue weighted by molar-refractivity contribution is -0.147. The van der Waals surface area contributed by atoms with Crippen molar-refractivity contribution in [3.63, 3.8) is 0 Å². The van der Waals surface area contributed by atoms with Crippen LogP contribution < -0.4 is 5.32 Å². The molecule has 0 fully saturated rings. The van der Waals surface area contributed by atoms with Crippen LogP contribution in [0.2, 0.25) is 0 Å². The minimum atomic E-state index is -4.86. The minimum Gasteiger partial charge on any atom is -0.321 e. The molecule has 1 aromatic carbocycles. The van der Waals surface area contributed by atoms with Gasteiger partial charge in [0, 0.05) is 25.2 Å². The number of hydrogen-bond acceptors (Lipinski definition) is 4. The van der Waals surface area contributed by atoms with Crippen LogP contribution in [0, 0.1) is 0 Å². The summed E-state index contributed by atoms with van der Waals surface area (Å²) >= 11 is 0. The molecular formula is C13H11F4N3O2S. The standard InChI is InChI=1S/C13H11F4N3O2S/c14-13(15,16)12-19-11(10-7-18-5-6-20(10)12)8-1-3-9(4-2-8)23(17,21)22/h1-4,18H,5-7H2. The first-order valence-corrected chi connectivity index (χ1v) is 7.98. The van der Waals surface area contributed by atoms with Crippen molar-refractivity contribution in [2.75, 3.05) is 6.54 Å². The number of halogens is 4.